The zero-order valence-corrected chi connectivity index (χ0v) is 34.9. The molecule has 4 N–H and O–H groups in total. The minimum atomic E-state index is -0.881. The van der Waals surface area contributed by atoms with Crippen LogP contribution in [0.3, 0.4) is 0 Å². The van der Waals surface area contributed by atoms with Gasteiger partial charge < -0.3 is 30.2 Å². The number of rotatable bonds is 15. The Kier molecular flexibility index (Phi) is 12.5. The molecule has 3 aromatic heterocycles. The average molecular weight is 825 g/mol. The summed E-state index contributed by atoms with van der Waals surface area (Å²) in [4.78, 5) is 62.0. The summed E-state index contributed by atoms with van der Waals surface area (Å²) in [5, 5.41) is 3.94. The van der Waals surface area contributed by atoms with E-state index in [1.807, 2.05) is 57.2 Å². The first kappa shape index (κ1) is 40.7. The fraction of sp³-hybridized carbons (Fsp3) is 0.340. The largest absolute Gasteiger partial charge is 0.445 e. The van der Waals surface area contributed by atoms with Crippen molar-refractivity contribution in [3.63, 3.8) is 0 Å². The third-order valence-corrected chi connectivity index (χ3v) is 12.6. The number of aromatic amines is 2. The number of nitrogens with zero attached hydrogens (tertiary/aromatic N) is 5. The van der Waals surface area contributed by atoms with Gasteiger partial charge in [0.15, 0.2) is 0 Å². The Morgan fingerprint density at radius 2 is 1.33 bits per heavy atom. The fourth-order valence-electron chi connectivity index (χ4n) is 8.85. The van der Waals surface area contributed by atoms with Crippen LogP contribution in [0.5, 0.6) is 0 Å². The van der Waals surface area contributed by atoms with Crippen LogP contribution in [0.15, 0.2) is 108 Å². The van der Waals surface area contributed by atoms with Crippen molar-refractivity contribution in [2.45, 2.75) is 76.6 Å². The molecule has 13 heteroatoms. The van der Waals surface area contributed by atoms with Crippen LogP contribution in [0.2, 0.25) is 0 Å². The number of nitrogens with one attached hydrogen (secondary N) is 2. The zero-order chi connectivity index (χ0) is 41.6. The maximum absolute atomic E-state index is 14.2. The number of likely N-dealkylation sites (tertiary alicyclic amines) is 2. The van der Waals surface area contributed by atoms with Gasteiger partial charge in [0.2, 0.25) is 11.8 Å². The van der Waals surface area contributed by atoms with Crippen LogP contribution in [0.25, 0.3) is 33.6 Å². The van der Waals surface area contributed by atoms with Crippen molar-refractivity contribution >= 4 is 29.2 Å². The van der Waals surface area contributed by atoms with E-state index in [-0.39, 0.29) is 36.4 Å². The molecule has 0 spiro atoms. The lowest BCUT2D eigenvalue weighted by Gasteiger charge is -2.34. The predicted octanol–water partition coefficient (Wildman–Crippen LogP) is 8.70. The molecular formula is C47H52N8O4S. The number of nitrogens with two attached hydrogens (primary N) is 1. The van der Waals surface area contributed by atoms with E-state index in [2.05, 4.69) is 89.4 Å². The third kappa shape index (κ3) is 8.92. The number of likely N-dealkylation sites (N-methyl/N-ethyl adjacent to an activating group) is 1. The molecule has 3 amide bonds. The van der Waals surface area contributed by atoms with Gasteiger partial charge in [0.25, 0.3) is 0 Å². The second-order valence-electron chi connectivity index (χ2n) is 15.6. The first-order valence-electron chi connectivity index (χ1n) is 21.0. The quantitative estimate of drug-likeness (QED) is 0.0937. The molecule has 0 saturated carbocycles. The Morgan fingerprint density at radius 3 is 1.87 bits per heavy atom. The van der Waals surface area contributed by atoms with Crippen LogP contribution >= 0.6 is 11.3 Å². The van der Waals surface area contributed by atoms with Gasteiger partial charge in [-0.25, -0.2) is 14.8 Å². The van der Waals surface area contributed by atoms with Crippen LogP contribution in [-0.2, 0) is 20.7 Å². The number of carbonyl (C=O) groups excluding carboxylic acids is 3. The topological polar surface area (TPSA) is 154 Å². The van der Waals surface area contributed by atoms with E-state index < -0.39 is 12.2 Å². The fourth-order valence-corrected chi connectivity index (χ4v) is 9.53. The van der Waals surface area contributed by atoms with Crippen molar-refractivity contribution in [3.8, 4) is 33.6 Å². The number of imidazole rings is 2. The molecule has 0 unspecified atom stereocenters. The number of aromatic nitrogens is 4. The van der Waals surface area contributed by atoms with Gasteiger partial charge in [-0.1, -0.05) is 92.7 Å². The molecular weight excluding hydrogens is 773 g/mol. The van der Waals surface area contributed by atoms with Gasteiger partial charge in [-0.3, -0.25) is 14.5 Å². The molecule has 2 saturated heterocycles. The molecule has 2 aliphatic heterocycles. The average Bonchev–Trinajstić information content (AvgIpc) is 4.12. The van der Waals surface area contributed by atoms with Crippen LogP contribution in [0, 0.1) is 0 Å². The Morgan fingerprint density at radius 1 is 0.783 bits per heavy atom. The van der Waals surface area contributed by atoms with Gasteiger partial charge in [0.05, 0.1) is 42.3 Å². The molecule has 0 aliphatic carbocycles. The Hall–Kier alpha value is -6.05. The van der Waals surface area contributed by atoms with Crippen molar-refractivity contribution in [3.05, 3.63) is 131 Å². The zero-order valence-electron chi connectivity index (χ0n) is 34.1. The molecule has 3 aromatic carbocycles. The summed E-state index contributed by atoms with van der Waals surface area (Å²) in [5.41, 5.74) is 13.4. The summed E-state index contributed by atoms with van der Waals surface area (Å²) in [6.45, 7) is 7.13. The Balaban J connectivity index is 0.908. The molecule has 2 aliphatic rings. The summed E-state index contributed by atoms with van der Waals surface area (Å²) in [7, 11) is 0. The summed E-state index contributed by atoms with van der Waals surface area (Å²) in [5.74, 6) is 1.61. The number of carbonyl (C=O) groups is 3. The normalized spacial score (nSPS) is 17.6. The second kappa shape index (κ2) is 18.5. The van der Waals surface area contributed by atoms with E-state index in [9.17, 15) is 14.4 Å². The summed E-state index contributed by atoms with van der Waals surface area (Å²) in [6, 6.07) is 28.2. The highest BCUT2D eigenvalue weighted by atomic mass is 32.1. The number of ether oxygens (including phenoxy) is 1. The number of thiophene rings is 1. The van der Waals surface area contributed by atoms with Crippen molar-refractivity contribution in [2.75, 3.05) is 26.2 Å². The van der Waals surface area contributed by atoms with Crippen LogP contribution in [0.1, 0.15) is 86.9 Å². The molecule has 310 valence electrons. The maximum atomic E-state index is 14.2. The minimum Gasteiger partial charge on any atom is -0.445 e. The molecule has 2 fully saturated rings. The molecule has 5 heterocycles. The van der Waals surface area contributed by atoms with E-state index >= 15 is 0 Å². The first-order chi connectivity index (χ1) is 29.3. The Bertz CT molecular complexity index is 2360. The summed E-state index contributed by atoms with van der Waals surface area (Å²) in [6.07, 6.45) is 6.15. The predicted molar refractivity (Wildman–Crippen MR) is 234 cm³/mol. The van der Waals surface area contributed by atoms with Gasteiger partial charge in [-0.15, -0.1) is 0 Å². The highest BCUT2D eigenvalue weighted by molar-refractivity contribution is 7.07. The maximum Gasteiger partial charge on any atom is 0.404 e. The number of amides is 3. The van der Waals surface area contributed by atoms with E-state index in [1.165, 1.54) is 0 Å². The third-order valence-electron chi connectivity index (χ3n) is 11.9. The molecule has 8 rings (SSSR count). The van der Waals surface area contributed by atoms with E-state index in [1.54, 1.807) is 11.3 Å². The molecule has 60 heavy (non-hydrogen) atoms. The van der Waals surface area contributed by atoms with Crippen molar-refractivity contribution in [1.82, 2.24) is 34.6 Å². The summed E-state index contributed by atoms with van der Waals surface area (Å²) >= 11 is 1.56. The van der Waals surface area contributed by atoms with Crippen molar-refractivity contribution in [1.29, 1.82) is 0 Å². The van der Waals surface area contributed by atoms with Crippen LogP contribution in [0.4, 0.5) is 4.79 Å². The first-order valence-corrected chi connectivity index (χ1v) is 21.9. The monoisotopic (exact) mass is 824 g/mol. The number of benzene rings is 3. The molecule has 0 bridgehead atoms. The van der Waals surface area contributed by atoms with Crippen LogP contribution < -0.4 is 5.73 Å². The standard InChI is InChI=1S/C47H52N8O4S/c1-3-53(4-2)43(36-10-6-5-7-11-36)46(57)55-24-9-13-41(55)45-50-29-39(52-45)35-20-16-33(17-21-35)32-14-18-34(19-15-32)38-28-49-44(51-38)40-12-8-23-54(40)42(56)27-37(59-47(48)58)26-31-22-25-60-30-31/h5-7,10-11,14-22,25,28-30,37,40-41,43H,3-4,8-9,12-13,23-24,26-27H2,1-2H3,(H2,48,58)(H,49,51)(H,50,52)/t37-,40+,41+,43-/m1/s1. The highest BCUT2D eigenvalue weighted by Crippen LogP contribution is 2.37. The van der Waals surface area contributed by atoms with Crippen LogP contribution in [-0.4, -0.2) is 84.8 Å². The van der Waals surface area contributed by atoms with E-state index in [4.69, 9.17) is 20.4 Å². The molecule has 0 radical (unpaired) electrons. The smallest absolute Gasteiger partial charge is 0.404 e. The van der Waals surface area contributed by atoms with Gasteiger partial charge >= 0.3 is 6.09 Å². The number of hydrogen-bond acceptors (Lipinski definition) is 8. The van der Waals surface area contributed by atoms with Gasteiger partial charge in [0, 0.05) is 19.5 Å². The molecule has 12 nitrogen and oxygen atoms in total. The number of hydrogen-bond donors (Lipinski definition) is 3. The lowest BCUT2D eigenvalue weighted by molar-refractivity contribution is -0.138. The van der Waals surface area contributed by atoms with E-state index in [0.717, 1.165) is 95.2 Å². The van der Waals surface area contributed by atoms with Crippen molar-refractivity contribution < 1.29 is 19.1 Å². The van der Waals surface area contributed by atoms with Gasteiger partial charge in [-0.2, -0.15) is 11.3 Å². The number of H-pyrrole nitrogens is 2. The number of primary amides is 1. The van der Waals surface area contributed by atoms with Gasteiger partial charge in [-0.05, 0) is 89.0 Å². The van der Waals surface area contributed by atoms with Gasteiger partial charge in [0.1, 0.15) is 23.8 Å². The second-order valence-corrected chi connectivity index (χ2v) is 16.4. The lowest BCUT2D eigenvalue weighted by atomic mass is 10.0. The summed E-state index contributed by atoms with van der Waals surface area (Å²) < 4.78 is 5.34. The Labute approximate surface area is 354 Å². The lowest BCUT2D eigenvalue weighted by Crippen LogP contribution is -2.43. The van der Waals surface area contributed by atoms with E-state index in [0.29, 0.717) is 19.5 Å². The van der Waals surface area contributed by atoms with Crippen molar-refractivity contribution in [2.24, 2.45) is 5.73 Å². The molecule has 6 aromatic rings. The molecule has 4 atom stereocenters. The highest BCUT2D eigenvalue weighted by Gasteiger charge is 2.38. The SMILES string of the molecule is CCN(CC)[C@@H](C(=O)N1CCC[C@H]1c1ncc(-c2ccc(-c3ccc(-c4cnc([C@@H]5CCCN5C(=O)C[C@@H](Cc5ccsc5)OC(N)=O)[nH]4)cc3)cc2)[nH]1)c1ccccc1. The minimum absolute atomic E-state index is 0.0585.